The molecule has 6 nitrogen and oxygen atoms in total. The number of halogens is 1. The third-order valence-electron chi connectivity index (χ3n) is 4.41. The number of carbonyl (C=O) groups is 1. The molecule has 7 heteroatoms. The van der Waals surface area contributed by atoms with Crippen molar-refractivity contribution in [1.82, 2.24) is 25.2 Å². The topological polar surface area (TPSA) is 63.1 Å². The van der Waals surface area contributed by atoms with Crippen molar-refractivity contribution in [2.24, 2.45) is 0 Å². The van der Waals surface area contributed by atoms with Crippen molar-refractivity contribution in [2.75, 3.05) is 19.6 Å². The summed E-state index contributed by atoms with van der Waals surface area (Å²) in [5, 5.41) is 11.7. The zero-order valence-corrected chi connectivity index (χ0v) is 15.4. The Morgan fingerprint density at radius 1 is 1.28 bits per heavy atom. The molecular formula is C18H26ClN5O. The summed E-state index contributed by atoms with van der Waals surface area (Å²) in [7, 11) is 0. The van der Waals surface area contributed by atoms with Gasteiger partial charge in [0.05, 0.1) is 12.2 Å². The van der Waals surface area contributed by atoms with Crippen molar-refractivity contribution in [3.8, 4) is 0 Å². The predicted octanol–water partition coefficient (Wildman–Crippen LogP) is 2.68. The van der Waals surface area contributed by atoms with Crippen LogP contribution in [0.5, 0.6) is 0 Å². The number of carbonyl (C=O) groups excluding carboxylic acids is 1. The van der Waals surface area contributed by atoms with Gasteiger partial charge >= 0.3 is 0 Å². The largest absolute Gasteiger partial charge is 0.333 e. The van der Waals surface area contributed by atoms with E-state index in [1.165, 1.54) is 0 Å². The van der Waals surface area contributed by atoms with Crippen molar-refractivity contribution in [2.45, 2.75) is 38.8 Å². The average Bonchev–Trinajstić information content (AvgIpc) is 3.12. The first-order valence-electron chi connectivity index (χ1n) is 8.73. The van der Waals surface area contributed by atoms with Crippen LogP contribution in [0.15, 0.2) is 36.5 Å². The summed E-state index contributed by atoms with van der Waals surface area (Å²) in [5.41, 5.74) is 1.57. The van der Waals surface area contributed by atoms with Crippen LogP contribution in [0, 0.1) is 0 Å². The quantitative estimate of drug-likeness (QED) is 0.857. The van der Waals surface area contributed by atoms with E-state index in [0.717, 1.165) is 37.9 Å². The zero-order chi connectivity index (χ0) is 16.8. The molecule has 0 aliphatic carbocycles. The van der Waals surface area contributed by atoms with Gasteiger partial charge in [-0.25, -0.2) is 4.68 Å². The second-order valence-electron chi connectivity index (χ2n) is 6.28. The Bertz CT molecular complexity index is 654. The Kier molecular flexibility index (Phi) is 7.40. The van der Waals surface area contributed by atoms with Crippen LogP contribution in [0.2, 0.25) is 0 Å². The van der Waals surface area contributed by atoms with Crippen LogP contribution < -0.4 is 5.32 Å². The molecule has 136 valence electrons. The Morgan fingerprint density at radius 3 is 2.68 bits per heavy atom. The van der Waals surface area contributed by atoms with Gasteiger partial charge in [0.15, 0.2) is 5.69 Å². The van der Waals surface area contributed by atoms with Crippen molar-refractivity contribution in [3.05, 3.63) is 47.8 Å². The summed E-state index contributed by atoms with van der Waals surface area (Å²) in [6.45, 7) is 5.38. The lowest BCUT2D eigenvalue weighted by atomic mass is 10.1. The number of rotatable bonds is 6. The monoisotopic (exact) mass is 363 g/mol. The second kappa shape index (κ2) is 9.53. The van der Waals surface area contributed by atoms with E-state index in [1.807, 2.05) is 46.1 Å². The highest BCUT2D eigenvalue weighted by molar-refractivity contribution is 5.91. The lowest BCUT2D eigenvalue weighted by Crippen LogP contribution is -2.31. The van der Waals surface area contributed by atoms with Crippen LogP contribution >= 0.6 is 12.4 Å². The van der Waals surface area contributed by atoms with Crippen molar-refractivity contribution >= 4 is 18.3 Å². The Balaban J connectivity index is 0.00000225. The van der Waals surface area contributed by atoms with E-state index in [2.05, 4.69) is 22.6 Å². The van der Waals surface area contributed by atoms with Gasteiger partial charge in [-0.3, -0.25) is 4.79 Å². The molecule has 1 aliphatic rings. The number of hydrogen-bond donors (Lipinski definition) is 1. The molecule has 1 fully saturated rings. The molecule has 1 aromatic heterocycles. The minimum atomic E-state index is -0.0408. The molecule has 25 heavy (non-hydrogen) atoms. The molecule has 3 rings (SSSR count). The molecule has 2 heterocycles. The van der Waals surface area contributed by atoms with Gasteiger partial charge in [-0.05, 0) is 37.9 Å². The Morgan fingerprint density at radius 2 is 2.00 bits per heavy atom. The molecule has 0 saturated carbocycles. The van der Waals surface area contributed by atoms with Gasteiger partial charge in [0.25, 0.3) is 5.91 Å². The van der Waals surface area contributed by atoms with Crippen LogP contribution in [0.3, 0.4) is 0 Å². The molecule has 1 aliphatic heterocycles. The molecule has 1 aromatic carbocycles. The van der Waals surface area contributed by atoms with E-state index in [1.54, 1.807) is 0 Å². The number of benzene rings is 1. The molecule has 1 amide bonds. The summed E-state index contributed by atoms with van der Waals surface area (Å²) < 4.78 is 1.86. The van der Waals surface area contributed by atoms with Crippen molar-refractivity contribution in [1.29, 1.82) is 0 Å². The van der Waals surface area contributed by atoms with Gasteiger partial charge in [-0.15, -0.1) is 17.5 Å². The second-order valence-corrected chi connectivity index (χ2v) is 6.28. The fourth-order valence-corrected chi connectivity index (χ4v) is 3.11. The fraction of sp³-hybridized carbons (Fsp3) is 0.500. The zero-order valence-electron chi connectivity index (χ0n) is 14.6. The van der Waals surface area contributed by atoms with Crippen LogP contribution in [0.1, 0.15) is 48.3 Å². The lowest BCUT2D eigenvalue weighted by Gasteiger charge is -2.22. The molecule has 0 atom stereocenters. The van der Waals surface area contributed by atoms with Crippen LogP contribution in [-0.4, -0.2) is 45.4 Å². The highest BCUT2D eigenvalue weighted by Gasteiger charge is 2.22. The molecule has 0 radical (unpaired) electrons. The summed E-state index contributed by atoms with van der Waals surface area (Å²) in [5.74, 6) is -0.0408. The maximum atomic E-state index is 12.8. The highest BCUT2D eigenvalue weighted by Crippen LogP contribution is 2.18. The number of nitrogens with zero attached hydrogens (tertiary/aromatic N) is 4. The van der Waals surface area contributed by atoms with Crippen molar-refractivity contribution < 1.29 is 4.79 Å². The predicted molar refractivity (Wildman–Crippen MR) is 99.9 cm³/mol. The third kappa shape index (κ3) is 5.03. The number of amides is 1. The number of aromatic nitrogens is 3. The van der Waals surface area contributed by atoms with Gasteiger partial charge in [-0.2, -0.15) is 0 Å². The molecule has 1 saturated heterocycles. The van der Waals surface area contributed by atoms with E-state index in [9.17, 15) is 4.79 Å². The summed E-state index contributed by atoms with van der Waals surface area (Å²) >= 11 is 0. The first-order valence-corrected chi connectivity index (χ1v) is 8.73. The van der Waals surface area contributed by atoms with Gasteiger partial charge in [0, 0.05) is 13.1 Å². The molecule has 2 aromatic rings. The van der Waals surface area contributed by atoms with Gasteiger partial charge in [0.1, 0.15) is 0 Å². The van der Waals surface area contributed by atoms with E-state index in [4.69, 9.17) is 0 Å². The van der Waals surface area contributed by atoms with E-state index in [-0.39, 0.29) is 18.3 Å². The number of hydrogen-bond acceptors (Lipinski definition) is 4. The maximum Gasteiger partial charge on any atom is 0.276 e. The summed E-state index contributed by atoms with van der Waals surface area (Å²) in [4.78, 5) is 14.7. The highest BCUT2D eigenvalue weighted by atomic mass is 35.5. The number of piperidine rings is 1. The standard InChI is InChI=1S/C18H25N5O.ClH/c1-2-12-22(13-15-6-4-3-5-7-15)18(24)17-14-23(21-20-17)16-8-10-19-11-9-16;/h3-7,14,16,19H,2,8-13H2,1H3;1H. The minimum absolute atomic E-state index is 0. The first-order chi connectivity index (χ1) is 11.8. The molecule has 1 N–H and O–H groups in total. The van der Waals surface area contributed by atoms with Crippen molar-refractivity contribution in [3.63, 3.8) is 0 Å². The first kappa shape index (κ1) is 19.4. The van der Waals surface area contributed by atoms with E-state index >= 15 is 0 Å². The van der Waals surface area contributed by atoms with Crippen LogP contribution in [-0.2, 0) is 6.54 Å². The minimum Gasteiger partial charge on any atom is -0.333 e. The smallest absolute Gasteiger partial charge is 0.276 e. The molecular weight excluding hydrogens is 338 g/mol. The van der Waals surface area contributed by atoms with Gasteiger partial charge < -0.3 is 10.2 Å². The number of nitrogens with one attached hydrogen (secondary N) is 1. The average molecular weight is 364 g/mol. The van der Waals surface area contributed by atoms with Gasteiger partial charge in [0.2, 0.25) is 0 Å². The fourth-order valence-electron chi connectivity index (χ4n) is 3.11. The Labute approximate surface area is 155 Å². The normalized spacial score (nSPS) is 14.8. The van der Waals surface area contributed by atoms with Crippen LogP contribution in [0.25, 0.3) is 0 Å². The third-order valence-corrected chi connectivity index (χ3v) is 4.41. The van der Waals surface area contributed by atoms with Crippen LogP contribution in [0.4, 0.5) is 0 Å². The molecule has 0 bridgehead atoms. The van der Waals surface area contributed by atoms with E-state index in [0.29, 0.717) is 24.8 Å². The Hall–Kier alpha value is -1.92. The maximum absolute atomic E-state index is 12.8. The molecule has 0 spiro atoms. The SMILES string of the molecule is CCCN(Cc1ccccc1)C(=O)c1cn(C2CCNCC2)nn1.Cl. The van der Waals surface area contributed by atoms with Gasteiger partial charge in [-0.1, -0.05) is 42.5 Å². The van der Waals surface area contributed by atoms with E-state index < -0.39 is 0 Å². The lowest BCUT2D eigenvalue weighted by molar-refractivity contribution is 0.0737. The molecule has 0 unspecified atom stereocenters. The summed E-state index contributed by atoms with van der Waals surface area (Å²) in [6, 6.07) is 10.4. The summed E-state index contributed by atoms with van der Waals surface area (Å²) in [6.07, 6.45) is 4.78.